The Morgan fingerprint density at radius 3 is 2.70 bits per heavy atom. The first-order chi connectivity index (χ1) is 15.9. The average Bonchev–Trinajstić information content (AvgIpc) is 3.22. The van der Waals surface area contributed by atoms with Gasteiger partial charge in [0.1, 0.15) is 41.4 Å². The van der Waals surface area contributed by atoms with Crippen molar-refractivity contribution in [1.82, 2.24) is 10.2 Å². The van der Waals surface area contributed by atoms with Crippen LogP contribution in [0.3, 0.4) is 0 Å². The number of amides is 1. The van der Waals surface area contributed by atoms with Gasteiger partial charge in [0.15, 0.2) is 0 Å². The van der Waals surface area contributed by atoms with Gasteiger partial charge in [-0.05, 0) is 48.2 Å². The van der Waals surface area contributed by atoms with E-state index in [1.165, 1.54) is 17.4 Å². The van der Waals surface area contributed by atoms with Crippen molar-refractivity contribution in [2.24, 2.45) is 5.92 Å². The fourth-order valence-corrected chi connectivity index (χ4v) is 3.89. The first-order valence-corrected chi connectivity index (χ1v) is 11.4. The molecular weight excluding hydrogens is 436 g/mol. The maximum atomic E-state index is 12.5. The molecule has 1 N–H and O–H groups in total. The van der Waals surface area contributed by atoms with Crippen molar-refractivity contribution in [3.63, 3.8) is 0 Å². The van der Waals surface area contributed by atoms with E-state index in [0.29, 0.717) is 35.6 Å². The van der Waals surface area contributed by atoms with Gasteiger partial charge in [-0.1, -0.05) is 55.5 Å². The molecule has 0 aliphatic carbocycles. The molecule has 0 spiro atoms. The van der Waals surface area contributed by atoms with Gasteiger partial charge in [-0.25, -0.2) is 0 Å². The normalized spacial score (nSPS) is 11.2. The summed E-state index contributed by atoms with van der Waals surface area (Å²) in [6, 6.07) is 16.9. The molecule has 0 aliphatic rings. The number of hydrogen-bond acceptors (Lipinski definition) is 7. The summed E-state index contributed by atoms with van der Waals surface area (Å²) in [5, 5.41) is 21.4. The summed E-state index contributed by atoms with van der Waals surface area (Å²) in [6.45, 7) is 6.93. The van der Waals surface area contributed by atoms with E-state index in [1.807, 2.05) is 43.3 Å². The molecule has 7 nitrogen and oxygen atoms in total. The van der Waals surface area contributed by atoms with Gasteiger partial charge < -0.3 is 9.47 Å². The lowest BCUT2D eigenvalue weighted by atomic mass is 10.1. The van der Waals surface area contributed by atoms with Crippen LogP contribution in [0.1, 0.15) is 30.0 Å². The number of rotatable bonds is 10. The number of aryl methyl sites for hydroxylation is 1. The monoisotopic (exact) mass is 462 g/mol. The lowest BCUT2D eigenvalue weighted by Crippen LogP contribution is -2.13. The third-order valence-corrected chi connectivity index (χ3v) is 5.37. The Morgan fingerprint density at radius 1 is 1.15 bits per heavy atom. The number of ether oxygens (including phenoxy) is 2. The standard InChI is InChI=1S/C25H26N4O3S/c1-17(2)13-23-28-29-25(33-23)27-24(30)20(16-26)14-19-8-6-9-21(15-19)31-11-12-32-22-10-5-4-7-18(22)3/h4-10,14-15,17H,11-13H2,1-3H3,(H,27,29,30)/b20-14-. The third-order valence-electron chi connectivity index (χ3n) is 4.51. The Kier molecular flexibility index (Phi) is 8.56. The highest BCUT2D eigenvalue weighted by atomic mass is 32.1. The van der Waals surface area contributed by atoms with Crippen molar-refractivity contribution in [2.45, 2.75) is 27.2 Å². The number of nitrogens with zero attached hydrogens (tertiary/aromatic N) is 3. The molecule has 0 bridgehead atoms. The number of nitriles is 1. The molecule has 0 saturated carbocycles. The van der Waals surface area contributed by atoms with Gasteiger partial charge >= 0.3 is 0 Å². The highest BCUT2D eigenvalue weighted by Gasteiger charge is 2.13. The number of anilines is 1. The van der Waals surface area contributed by atoms with Crippen molar-refractivity contribution in [3.05, 3.63) is 70.2 Å². The largest absolute Gasteiger partial charge is 0.490 e. The second kappa shape index (κ2) is 11.8. The maximum absolute atomic E-state index is 12.5. The van der Waals surface area contributed by atoms with E-state index in [0.717, 1.165) is 22.7 Å². The molecule has 0 saturated heterocycles. The maximum Gasteiger partial charge on any atom is 0.268 e. The molecule has 0 aliphatic heterocycles. The van der Waals surface area contributed by atoms with Crippen LogP contribution in [0.15, 0.2) is 54.1 Å². The smallest absolute Gasteiger partial charge is 0.268 e. The summed E-state index contributed by atoms with van der Waals surface area (Å²) in [7, 11) is 0. The van der Waals surface area contributed by atoms with Gasteiger partial charge in [-0.2, -0.15) is 5.26 Å². The zero-order valence-corrected chi connectivity index (χ0v) is 19.7. The van der Waals surface area contributed by atoms with E-state index in [9.17, 15) is 10.1 Å². The number of benzene rings is 2. The molecule has 8 heteroatoms. The summed E-state index contributed by atoms with van der Waals surface area (Å²) >= 11 is 1.31. The fourth-order valence-electron chi connectivity index (χ4n) is 2.94. The number of hydrogen-bond donors (Lipinski definition) is 1. The van der Waals surface area contributed by atoms with Gasteiger partial charge in [0.25, 0.3) is 5.91 Å². The number of carbonyl (C=O) groups is 1. The Bertz CT molecular complexity index is 1160. The molecule has 1 aromatic heterocycles. The predicted molar refractivity (Wildman–Crippen MR) is 129 cm³/mol. The number of aromatic nitrogens is 2. The number of para-hydroxylation sites is 1. The molecule has 0 atom stereocenters. The summed E-state index contributed by atoms with van der Waals surface area (Å²) < 4.78 is 11.5. The minimum Gasteiger partial charge on any atom is -0.490 e. The van der Waals surface area contributed by atoms with Crippen LogP contribution in [0, 0.1) is 24.2 Å². The summed E-state index contributed by atoms with van der Waals surface area (Å²) in [5.41, 5.74) is 1.71. The Hall–Kier alpha value is -3.70. The number of nitrogens with one attached hydrogen (secondary N) is 1. The van der Waals surface area contributed by atoms with Crippen molar-refractivity contribution >= 4 is 28.5 Å². The summed E-state index contributed by atoms with van der Waals surface area (Å²) in [6.07, 6.45) is 2.30. The molecular formula is C25H26N4O3S. The van der Waals surface area contributed by atoms with Crippen molar-refractivity contribution in [2.75, 3.05) is 18.5 Å². The Labute approximate surface area is 197 Å². The molecule has 3 rings (SSSR count). The molecule has 2 aromatic carbocycles. The molecule has 0 unspecified atom stereocenters. The predicted octanol–water partition coefficient (Wildman–Crippen LogP) is 5.05. The SMILES string of the molecule is Cc1ccccc1OCCOc1cccc(/C=C(/C#N)C(=O)Nc2nnc(CC(C)C)s2)c1. The van der Waals surface area contributed by atoms with Crippen molar-refractivity contribution in [1.29, 1.82) is 5.26 Å². The first kappa shape index (κ1) is 24.0. The van der Waals surface area contributed by atoms with Crippen LogP contribution in [0.5, 0.6) is 11.5 Å². The van der Waals surface area contributed by atoms with Crippen molar-refractivity contribution in [3.8, 4) is 17.6 Å². The zero-order chi connectivity index (χ0) is 23.6. The third kappa shape index (κ3) is 7.44. The van der Waals surface area contributed by atoms with E-state index in [2.05, 4.69) is 29.4 Å². The molecule has 33 heavy (non-hydrogen) atoms. The van der Waals surface area contributed by atoms with Crippen LogP contribution in [0.25, 0.3) is 6.08 Å². The molecule has 1 amide bonds. The van der Waals surface area contributed by atoms with Crippen LogP contribution in [-0.4, -0.2) is 29.3 Å². The van der Waals surface area contributed by atoms with Crippen LogP contribution in [0.4, 0.5) is 5.13 Å². The molecule has 3 aromatic rings. The van der Waals surface area contributed by atoms with E-state index < -0.39 is 5.91 Å². The van der Waals surface area contributed by atoms with Gasteiger partial charge in [-0.3, -0.25) is 10.1 Å². The number of carbonyl (C=O) groups excluding carboxylic acids is 1. The highest BCUT2D eigenvalue weighted by Crippen LogP contribution is 2.21. The second-order valence-corrected chi connectivity index (χ2v) is 8.82. The van der Waals surface area contributed by atoms with Crippen LogP contribution >= 0.6 is 11.3 Å². The molecule has 0 radical (unpaired) electrons. The van der Waals surface area contributed by atoms with E-state index in [1.54, 1.807) is 18.2 Å². The minimum atomic E-state index is -0.525. The zero-order valence-electron chi connectivity index (χ0n) is 18.9. The second-order valence-electron chi connectivity index (χ2n) is 7.76. The summed E-state index contributed by atoms with van der Waals surface area (Å²) in [5.74, 6) is 1.37. The highest BCUT2D eigenvalue weighted by molar-refractivity contribution is 7.15. The van der Waals surface area contributed by atoms with Gasteiger partial charge in [0.2, 0.25) is 5.13 Å². The molecule has 170 valence electrons. The average molecular weight is 463 g/mol. The van der Waals surface area contributed by atoms with Gasteiger partial charge in [-0.15, -0.1) is 10.2 Å². The van der Waals surface area contributed by atoms with Crippen LogP contribution in [-0.2, 0) is 11.2 Å². The van der Waals surface area contributed by atoms with E-state index in [4.69, 9.17) is 9.47 Å². The van der Waals surface area contributed by atoms with Crippen LogP contribution in [0.2, 0.25) is 0 Å². The molecule has 1 heterocycles. The van der Waals surface area contributed by atoms with Crippen LogP contribution < -0.4 is 14.8 Å². The minimum absolute atomic E-state index is 0.0318. The molecule has 0 fully saturated rings. The lowest BCUT2D eigenvalue weighted by Gasteiger charge is -2.10. The first-order valence-electron chi connectivity index (χ1n) is 10.6. The quantitative estimate of drug-likeness (QED) is 0.257. The Morgan fingerprint density at radius 2 is 1.94 bits per heavy atom. The van der Waals surface area contributed by atoms with E-state index >= 15 is 0 Å². The lowest BCUT2D eigenvalue weighted by molar-refractivity contribution is -0.112. The fraction of sp³-hybridized carbons (Fsp3) is 0.280. The Balaban J connectivity index is 1.57. The van der Waals surface area contributed by atoms with Gasteiger partial charge in [0.05, 0.1) is 0 Å². The van der Waals surface area contributed by atoms with Gasteiger partial charge in [0, 0.05) is 6.42 Å². The van der Waals surface area contributed by atoms with Crippen molar-refractivity contribution < 1.29 is 14.3 Å². The topological polar surface area (TPSA) is 97.1 Å². The summed E-state index contributed by atoms with van der Waals surface area (Å²) in [4.78, 5) is 12.5. The van der Waals surface area contributed by atoms with E-state index in [-0.39, 0.29) is 5.57 Å².